The highest BCUT2D eigenvalue weighted by atomic mass is 14.9. The fraction of sp³-hybridized carbons (Fsp3) is 0.286. The summed E-state index contributed by atoms with van der Waals surface area (Å²) < 4.78 is 0. The van der Waals surface area contributed by atoms with Crippen LogP contribution in [0.5, 0.6) is 0 Å². The van der Waals surface area contributed by atoms with Crippen LogP contribution >= 0.6 is 0 Å². The maximum atomic E-state index is 4.35. The van der Waals surface area contributed by atoms with Crippen molar-refractivity contribution in [2.45, 2.75) is 27.3 Å². The number of rotatable bonds is 3. The Balaban J connectivity index is 2.05. The van der Waals surface area contributed by atoms with Gasteiger partial charge in [0, 0.05) is 11.9 Å². The fourth-order valence-corrected chi connectivity index (χ4v) is 1.65. The van der Waals surface area contributed by atoms with Gasteiger partial charge in [-0.2, -0.15) is 0 Å². The van der Waals surface area contributed by atoms with Gasteiger partial charge in [-0.05, 0) is 50.1 Å². The lowest BCUT2D eigenvalue weighted by Gasteiger charge is -2.08. The smallest absolute Gasteiger partial charge is 0.125 e. The molecule has 1 heterocycles. The monoisotopic (exact) mass is 227 g/mol. The van der Waals surface area contributed by atoms with E-state index < -0.39 is 0 Å². The molecule has 0 bridgehead atoms. The van der Waals surface area contributed by atoms with Crippen molar-refractivity contribution in [2.24, 2.45) is 0 Å². The molecule has 0 aliphatic heterocycles. The van der Waals surface area contributed by atoms with Gasteiger partial charge in [0.25, 0.3) is 0 Å². The molecule has 3 heteroatoms. The first-order chi connectivity index (χ1) is 8.15. The molecule has 0 saturated heterocycles. The second kappa shape index (κ2) is 4.95. The van der Waals surface area contributed by atoms with Gasteiger partial charge in [0.15, 0.2) is 0 Å². The van der Waals surface area contributed by atoms with Crippen molar-refractivity contribution in [3.05, 3.63) is 53.1 Å². The molecule has 0 unspecified atom stereocenters. The molecule has 0 radical (unpaired) electrons. The van der Waals surface area contributed by atoms with Crippen molar-refractivity contribution < 1.29 is 0 Å². The van der Waals surface area contributed by atoms with E-state index in [9.17, 15) is 0 Å². The summed E-state index contributed by atoms with van der Waals surface area (Å²) in [5, 5.41) is 3.37. The van der Waals surface area contributed by atoms with Gasteiger partial charge in [-0.1, -0.05) is 6.07 Å². The van der Waals surface area contributed by atoms with E-state index in [0.717, 1.165) is 23.8 Å². The summed E-state index contributed by atoms with van der Waals surface area (Å²) in [4.78, 5) is 8.44. The quantitative estimate of drug-likeness (QED) is 0.875. The van der Waals surface area contributed by atoms with Gasteiger partial charge in [0.2, 0.25) is 0 Å². The van der Waals surface area contributed by atoms with Gasteiger partial charge in [0.1, 0.15) is 5.82 Å². The minimum atomic E-state index is 0.728. The maximum absolute atomic E-state index is 4.35. The molecule has 0 fully saturated rings. The molecule has 88 valence electrons. The zero-order valence-corrected chi connectivity index (χ0v) is 10.5. The molecular weight excluding hydrogens is 210 g/mol. The number of hydrogen-bond acceptors (Lipinski definition) is 3. The van der Waals surface area contributed by atoms with Crippen molar-refractivity contribution in [2.75, 3.05) is 5.32 Å². The zero-order chi connectivity index (χ0) is 12.3. The highest BCUT2D eigenvalue weighted by molar-refractivity contribution is 5.48. The minimum Gasteiger partial charge on any atom is -0.379 e. The van der Waals surface area contributed by atoms with Crippen LogP contribution in [0.3, 0.4) is 0 Å². The Bertz CT molecular complexity index is 521. The van der Waals surface area contributed by atoms with E-state index in [1.54, 1.807) is 6.20 Å². The Morgan fingerprint density at radius 1 is 1.06 bits per heavy atom. The molecule has 2 rings (SSSR count). The van der Waals surface area contributed by atoms with Crippen molar-refractivity contribution in [3.63, 3.8) is 0 Å². The molecule has 0 saturated carbocycles. The normalized spacial score (nSPS) is 10.3. The lowest BCUT2D eigenvalue weighted by atomic mass is 10.1. The first-order valence-electron chi connectivity index (χ1n) is 5.75. The molecule has 1 aromatic carbocycles. The number of anilines is 1. The maximum Gasteiger partial charge on any atom is 0.125 e. The van der Waals surface area contributed by atoms with Crippen molar-refractivity contribution in [3.8, 4) is 0 Å². The third kappa shape index (κ3) is 3.03. The number of aryl methyl sites for hydroxylation is 3. The van der Waals surface area contributed by atoms with E-state index in [2.05, 4.69) is 47.3 Å². The predicted molar refractivity (Wildman–Crippen MR) is 70.0 cm³/mol. The van der Waals surface area contributed by atoms with E-state index >= 15 is 0 Å². The number of hydrogen-bond donors (Lipinski definition) is 1. The van der Waals surface area contributed by atoms with E-state index in [-0.39, 0.29) is 0 Å². The van der Waals surface area contributed by atoms with Crippen LogP contribution in [-0.4, -0.2) is 9.97 Å². The van der Waals surface area contributed by atoms with E-state index in [1.807, 2.05) is 13.0 Å². The third-order valence-corrected chi connectivity index (χ3v) is 2.81. The average Bonchev–Trinajstić information content (AvgIpc) is 2.31. The summed E-state index contributed by atoms with van der Waals surface area (Å²) in [7, 11) is 0. The van der Waals surface area contributed by atoms with Gasteiger partial charge in [0.05, 0.1) is 12.2 Å². The second-order valence-corrected chi connectivity index (χ2v) is 4.25. The largest absolute Gasteiger partial charge is 0.379 e. The molecule has 0 aliphatic carbocycles. The second-order valence-electron chi connectivity index (χ2n) is 4.25. The first-order valence-corrected chi connectivity index (χ1v) is 5.75. The summed E-state index contributed by atoms with van der Waals surface area (Å²) >= 11 is 0. The SMILES string of the molecule is Cc1nccc(CNc2ccc(C)c(C)c2)n1. The van der Waals surface area contributed by atoms with Crippen molar-refractivity contribution >= 4 is 5.69 Å². The predicted octanol–water partition coefficient (Wildman–Crippen LogP) is 3.01. The highest BCUT2D eigenvalue weighted by Gasteiger charge is 1.98. The lowest BCUT2D eigenvalue weighted by molar-refractivity contribution is 0.955. The molecule has 17 heavy (non-hydrogen) atoms. The van der Waals surface area contributed by atoms with E-state index in [1.165, 1.54) is 11.1 Å². The van der Waals surface area contributed by atoms with Crippen LogP contribution in [0.4, 0.5) is 5.69 Å². The minimum absolute atomic E-state index is 0.728. The van der Waals surface area contributed by atoms with Gasteiger partial charge in [-0.25, -0.2) is 9.97 Å². The van der Waals surface area contributed by atoms with Gasteiger partial charge < -0.3 is 5.32 Å². The molecule has 0 spiro atoms. The highest BCUT2D eigenvalue weighted by Crippen LogP contribution is 2.14. The summed E-state index contributed by atoms with van der Waals surface area (Å²) in [6.07, 6.45) is 1.79. The Morgan fingerprint density at radius 2 is 1.88 bits per heavy atom. The molecule has 1 N–H and O–H groups in total. The molecule has 0 amide bonds. The number of nitrogens with one attached hydrogen (secondary N) is 1. The summed E-state index contributed by atoms with van der Waals surface area (Å²) in [6, 6.07) is 8.31. The van der Waals surface area contributed by atoms with Crippen LogP contribution in [0.2, 0.25) is 0 Å². The number of nitrogens with zero attached hydrogens (tertiary/aromatic N) is 2. The molecule has 0 aliphatic rings. The summed E-state index contributed by atoms with van der Waals surface area (Å²) in [5.41, 5.74) is 4.75. The van der Waals surface area contributed by atoms with Gasteiger partial charge >= 0.3 is 0 Å². The van der Waals surface area contributed by atoms with Crippen LogP contribution in [0, 0.1) is 20.8 Å². The molecule has 0 atom stereocenters. The Hall–Kier alpha value is -1.90. The van der Waals surface area contributed by atoms with E-state index in [4.69, 9.17) is 0 Å². The zero-order valence-electron chi connectivity index (χ0n) is 10.5. The molecule has 3 nitrogen and oxygen atoms in total. The topological polar surface area (TPSA) is 37.8 Å². The Labute approximate surface area is 102 Å². The van der Waals surface area contributed by atoms with Crippen LogP contribution in [0.15, 0.2) is 30.5 Å². The van der Waals surface area contributed by atoms with Gasteiger partial charge in [-0.15, -0.1) is 0 Å². The van der Waals surface area contributed by atoms with Crippen LogP contribution in [0.25, 0.3) is 0 Å². The number of benzene rings is 1. The Kier molecular flexibility index (Phi) is 3.38. The molecular formula is C14H17N3. The third-order valence-electron chi connectivity index (χ3n) is 2.81. The van der Waals surface area contributed by atoms with E-state index in [0.29, 0.717) is 0 Å². The fourth-order valence-electron chi connectivity index (χ4n) is 1.65. The van der Waals surface area contributed by atoms with Crippen LogP contribution < -0.4 is 5.32 Å². The van der Waals surface area contributed by atoms with Gasteiger partial charge in [-0.3, -0.25) is 0 Å². The Morgan fingerprint density at radius 3 is 2.59 bits per heavy atom. The standard InChI is InChI=1S/C14H17N3/c1-10-4-5-13(8-11(10)2)16-9-14-6-7-15-12(3)17-14/h4-8,16H,9H2,1-3H3. The lowest BCUT2D eigenvalue weighted by Crippen LogP contribution is -2.03. The summed E-state index contributed by atoms with van der Waals surface area (Å²) in [5.74, 6) is 0.810. The van der Waals surface area contributed by atoms with Crippen LogP contribution in [0.1, 0.15) is 22.6 Å². The molecule has 2 aromatic rings. The van der Waals surface area contributed by atoms with Crippen molar-refractivity contribution in [1.29, 1.82) is 0 Å². The molecule has 1 aromatic heterocycles. The van der Waals surface area contributed by atoms with Crippen LogP contribution in [-0.2, 0) is 6.54 Å². The van der Waals surface area contributed by atoms with Crippen molar-refractivity contribution in [1.82, 2.24) is 9.97 Å². The summed E-state index contributed by atoms with van der Waals surface area (Å²) in [6.45, 7) is 6.87. The number of aromatic nitrogens is 2. The average molecular weight is 227 g/mol. The first kappa shape index (κ1) is 11.6.